The van der Waals surface area contributed by atoms with E-state index in [1.165, 1.54) is 24.4 Å². The van der Waals surface area contributed by atoms with Crippen LogP contribution in [0.5, 0.6) is 5.88 Å². The normalized spacial score (nSPS) is 15.6. The molecule has 0 bridgehead atoms. The number of hydrogen-bond donors (Lipinski definition) is 2. The van der Waals surface area contributed by atoms with Gasteiger partial charge in [-0.2, -0.15) is 0 Å². The van der Waals surface area contributed by atoms with Gasteiger partial charge in [0, 0.05) is 25.8 Å². The number of morpholine rings is 1. The minimum atomic E-state index is -0.574. The first-order valence-electron chi connectivity index (χ1n) is 8.21. The van der Waals surface area contributed by atoms with Crippen molar-refractivity contribution in [1.29, 1.82) is 0 Å². The summed E-state index contributed by atoms with van der Waals surface area (Å²) < 4.78 is 20.3. The van der Waals surface area contributed by atoms with Gasteiger partial charge in [0.05, 0.1) is 25.4 Å². The van der Waals surface area contributed by atoms with Crippen LogP contribution in [-0.4, -0.2) is 65.2 Å². The van der Waals surface area contributed by atoms with Crippen molar-refractivity contribution in [1.82, 2.24) is 14.5 Å². The number of aliphatic imine (C=N–C) groups is 1. The zero-order valence-corrected chi connectivity index (χ0v) is 14.8. The third-order valence-electron chi connectivity index (χ3n) is 4.08. The molecule has 2 N–H and O–H groups in total. The van der Waals surface area contributed by atoms with E-state index in [9.17, 15) is 14.3 Å². The van der Waals surface area contributed by atoms with Crippen molar-refractivity contribution >= 4 is 18.4 Å². The van der Waals surface area contributed by atoms with E-state index in [1.807, 2.05) is 0 Å². The van der Waals surface area contributed by atoms with Crippen LogP contribution < -0.4 is 5.56 Å². The molecule has 0 spiro atoms. The average molecular weight is 378 g/mol. The van der Waals surface area contributed by atoms with E-state index in [2.05, 4.69) is 14.9 Å². The van der Waals surface area contributed by atoms with Crippen LogP contribution in [0.2, 0.25) is 0 Å². The molecule has 138 valence electrons. The Bertz CT molecular complexity index is 919. The minimum Gasteiger partial charge on any atom is -0.494 e. The molecule has 9 heteroatoms. The number of nitrogens with zero attached hydrogens (tertiary/aromatic N) is 3. The summed E-state index contributed by atoms with van der Waals surface area (Å²) in [6, 6.07) is 5.85. The van der Waals surface area contributed by atoms with E-state index in [-0.39, 0.29) is 16.0 Å². The van der Waals surface area contributed by atoms with Crippen LogP contribution in [-0.2, 0) is 4.74 Å². The van der Waals surface area contributed by atoms with Gasteiger partial charge in [0.15, 0.2) is 4.77 Å². The summed E-state index contributed by atoms with van der Waals surface area (Å²) in [5, 5.41) is 10.5. The third-order valence-corrected chi connectivity index (χ3v) is 4.37. The van der Waals surface area contributed by atoms with Crippen molar-refractivity contribution in [2.75, 3.05) is 39.4 Å². The lowest BCUT2D eigenvalue weighted by molar-refractivity contribution is 0.0395. The Labute approximate surface area is 154 Å². The van der Waals surface area contributed by atoms with E-state index >= 15 is 0 Å². The van der Waals surface area contributed by atoms with Crippen LogP contribution in [0.4, 0.5) is 4.39 Å². The highest BCUT2D eigenvalue weighted by molar-refractivity contribution is 7.71. The van der Waals surface area contributed by atoms with Crippen molar-refractivity contribution in [3.05, 3.63) is 50.8 Å². The fourth-order valence-electron chi connectivity index (χ4n) is 2.69. The van der Waals surface area contributed by atoms with Gasteiger partial charge in [0.25, 0.3) is 5.56 Å². The topological polar surface area (TPSA) is 82.8 Å². The van der Waals surface area contributed by atoms with Crippen molar-refractivity contribution in [2.24, 2.45) is 4.99 Å². The summed E-state index contributed by atoms with van der Waals surface area (Å²) in [7, 11) is 0. The number of benzene rings is 1. The average Bonchev–Trinajstić information content (AvgIpc) is 2.63. The lowest BCUT2D eigenvalue weighted by atomic mass is 10.2. The van der Waals surface area contributed by atoms with Crippen molar-refractivity contribution < 1.29 is 14.2 Å². The molecule has 0 atom stereocenters. The van der Waals surface area contributed by atoms with Crippen molar-refractivity contribution in [3.63, 3.8) is 0 Å². The molecule has 0 unspecified atom stereocenters. The molecule has 2 heterocycles. The molecule has 1 aromatic heterocycles. The number of ether oxygens (including phenoxy) is 1. The van der Waals surface area contributed by atoms with Gasteiger partial charge >= 0.3 is 0 Å². The molecular formula is C17H19FN4O3S. The van der Waals surface area contributed by atoms with Crippen LogP contribution in [0, 0.1) is 10.6 Å². The Kier molecular flexibility index (Phi) is 5.92. The second-order valence-corrected chi connectivity index (χ2v) is 6.16. The molecule has 0 aliphatic carbocycles. The SMILES string of the molecule is O=c1[nH]c(=S)n(-c2ccccc2F)c(O)c1C=NCCN1CCOCC1. The van der Waals surface area contributed by atoms with Crippen molar-refractivity contribution in [3.8, 4) is 11.6 Å². The molecule has 0 saturated carbocycles. The minimum absolute atomic E-state index is 0.0502. The van der Waals surface area contributed by atoms with Crippen LogP contribution in [0.1, 0.15) is 5.56 Å². The monoisotopic (exact) mass is 378 g/mol. The summed E-state index contributed by atoms with van der Waals surface area (Å²) in [6.07, 6.45) is 1.29. The first-order chi connectivity index (χ1) is 12.6. The summed E-state index contributed by atoms with van der Waals surface area (Å²) in [4.78, 5) is 21.0. The smallest absolute Gasteiger partial charge is 0.264 e. The van der Waals surface area contributed by atoms with Gasteiger partial charge in [0.1, 0.15) is 11.4 Å². The van der Waals surface area contributed by atoms with Crippen LogP contribution >= 0.6 is 12.2 Å². The Balaban J connectivity index is 1.84. The molecule has 0 radical (unpaired) electrons. The lowest BCUT2D eigenvalue weighted by Gasteiger charge is -2.25. The van der Waals surface area contributed by atoms with E-state index in [1.54, 1.807) is 6.07 Å². The Morgan fingerprint density at radius 2 is 2.08 bits per heavy atom. The van der Waals surface area contributed by atoms with E-state index in [4.69, 9.17) is 17.0 Å². The summed E-state index contributed by atoms with van der Waals surface area (Å²) in [5.74, 6) is -1.01. The molecule has 0 amide bonds. The van der Waals surface area contributed by atoms with Crippen LogP contribution in [0.25, 0.3) is 5.69 Å². The molecule has 1 fully saturated rings. The van der Waals surface area contributed by atoms with Crippen molar-refractivity contribution in [2.45, 2.75) is 0 Å². The zero-order valence-electron chi connectivity index (χ0n) is 14.0. The maximum absolute atomic E-state index is 14.1. The number of H-pyrrole nitrogens is 1. The van der Waals surface area contributed by atoms with E-state index in [0.717, 1.165) is 24.2 Å². The van der Waals surface area contributed by atoms with Gasteiger partial charge in [-0.3, -0.25) is 24.2 Å². The first-order valence-corrected chi connectivity index (χ1v) is 8.62. The summed E-state index contributed by atoms with van der Waals surface area (Å²) >= 11 is 5.07. The van der Waals surface area contributed by atoms with Gasteiger partial charge < -0.3 is 9.84 Å². The molecule has 1 aromatic carbocycles. The summed E-state index contributed by atoms with van der Waals surface area (Å²) in [5.41, 5.74) is -0.590. The molecule has 3 rings (SSSR count). The maximum atomic E-state index is 14.1. The molecular weight excluding hydrogens is 359 g/mol. The highest BCUT2D eigenvalue weighted by Gasteiger charge is 2.15. The van der Waals surface area contributed by atoms with Gasteiger partial charge in [-0.05, 0) is 24.4 Å². The number of aromatic amines is 1. The maximum Gasteiger partial charge on any atom is 0.264 e. The fourth-order valence-corrected chi connectivity index (χ4v) is 2.97. The highest BCUT2D eigenvalue weighted by Crippen LogP contribution is 2.20. The quantitative estimate of drug-likeness (QED) is 0.609. The van der Waals surface area contributed by atoms with E-state index in [0.29, 0.717) is 19.8 Å². The molecule has 7 nitrogen and oxygen atoms in total. The van der Waals surface area contributed by atoms with Gasteiger partial charge in [-0.25, -0.2) is 4.39 Å². The van der Waals surface area contributed by atoms with Gasteiger partial charge in [-0.15, -0.1) is 0 Å². The first kappa shape index (κ1) is 18.4. The predicted molar refractivity (Wildman–Crippen MR) is 98.6 cm³/mol. The molecule has 1 aliphatic rings. The Morgan fingerprint density at radius 1 is 1.35 bits per heavy atom. The fraction of sp³-hybridized carbons (Fsp3) is 0.353. The third kappa shape index (κ3) is 4.06. The highest BCUT2D eigenvalue weighted by atomic mass is 32.1. The molecule has 1 saturated heterocycles. The van der Waals surface area contributed by atoms with Gasteiger partial charge in [-0.1, -0.05) is 12.1 Å². The largest absolute Gasteiger partial charge is 0.494 e. The van der Waals surface area contributed by atoms with Crippen LogP contribution in [0.15, 0.2) is 34.1 Å². The second kappa shape index (κ2) is 8.35. The lowest BCUT2D eigenvalue weighted by Crippen LogP contribution is -2.37. The molecule has 1 aliphatic heterocycles. The van der Waals surface area contributed by atoms with E-state index < -0.39 is 17.3 Å². The zero-order chi connectivity index (χ0) is 18.5. The molecule has 26 heavy (non-hydrogen) atoms. The number of para-hydroxylation sites is 1. The standard InChI is InChI=1S/C17H19FN4O3S/c18-13-3-1-2-4-14(13)22-16(24)12(15(23)20-17(22)26)11-19-5-6-21-7-9-25-10-8-21/h1-4,11,24H,5-10H2,(H,20,23,26). The summed E-state index contributed by atoms with van der Waals surface area (Å²) in [6.45, 7) is 4.29. The van der Waals surface area contributed by atoms with Gasteiger partial charge in [0.2, 0.25) is 5.88 Å². The number of rotatable bonds is 5. The molecule has 2 aromatic rings. The Morgan fingerprint density at radius 3 is 2.81 bits per heavy atom. The number of aromatic nitrogens is 2. The number of nitrogens with one attached hydrogen (secondary N) is 1. The number of halogens is 1. The number of hydrogen-bond acceptors (Lipinski definition) is 6. The number of aromatic hydroxyl groups is 1. The van der Waals surface area contributed by atoms with Crippen LogP contribution in [0.3, 0.4) is 0 Å². The Hall–Kier alpha value is -2.36. The predicted octanol–water partition coefficient (Wildman–Crippen LogP) is 1.49. The second-order valence-electron chi connectivity index (χ2n) is 5.77.